The van der Waals surface area contributed by atoms with Gasteiger partial charge in [0.25, 0.3) is 5.66 Å². The molecule has 1 saturated heterocycles. The summed E-state index contributed by atoms with van der Waals surface area (Å²) >= 11 is 1.44. The van der Waals surface area contributed by atoms with E-state index in [1.54, 1.807) is 4.90 Å². The predicted molar refractivity (Wildman–Crippen MR) is 74.6 cm³/mol. The number of likely N-dealkylation sites (tertiary alicyclic amines) is 1. The molecule has 0 saturated carbocycles. The molecular formula is C12H12F3N7S. The highest BCUT2D eigenvalue weighted by Crippen LogP contribution is 2.51. The number of aromatic amines is 1. The fourth-order valence-electron chi connectivity index (χ4n) is 3.09. The molecule has 2 aliphatic heterocycles. The zero-order valence-electron chi connectivity index (χ0n) is 11.8. The number of hydrogen-bond donors (Lipinski definition) is 1. The summed E-state index contributed by atoms with van der Waals surface area (Å²) in [4.78, 5) is 2.62. The number of aromatic nitrogens is 4. The Balaban J connectivity index is 1.57. The highest BCUT2D eigenvalue weighted by Gasteiger charge is 2.69. The van der Waals surface area contributed by atoms with Crippen molar-refractivity contribution < 1.29 is 13.2 Å². The van der Waals surface area contributed by atoms with Gasteiger partial charge in [-0.25, -0.2) is 0 Å². The maximum Gasteiger partial charge on any atom is 0.439 e. The van der Waals surface area contributed by atoms with Gasteiger partial charge in [-0.1, -0.05) is 0 Å². The molecule has 0 amide bonds. The Kier molecular flexibility index (Phi) is 3.23. The molecule has 4 heterocycles. The number of H-pyrrole nitrogens is 1. The smallest absolute Gasteiger partial charge is 0.291 e. The molecule has 0 bridgehead atoms. The SMILES string of the molecule is FC(F)(F)C1(C2CCCN2Cc2ccsc2-c2nn[nH]n2)N=N1. The Hall–Kier alpha value is -1.88. The summed E-state index contributed by atoms with van der Waals surface area (Å²) in [6, 6.07) is 1.15. The second-order valence-electron chi connectivity index (χ2n) is 5.56. The van der Waals surface area contributed by atoms with E-state index in [4.69, 9.17) is 0 Å². The third-order valence-electron chi connectivity index (χ3n) is 4.23. The van der Waals surface area contributed by atoms with E-state index in [2.05, 4.69) is 30.9 Å². The van der Waals surface area contributed by atoms with Crippen molar-refractivity contribution in [3.05, 3.63) is 17.0 Å². The van der Waals surface area contributed by atoms with Gasteiger partial charge in [-0.3, -0.25) is 4.90 Å². The number of thiophene rings is 1. The molecule has 1 atom stereocenters. The van der Waals surface area contributed by atoms with Crippen LogP contribution >= 0.6 is 11.3 Å². The van der Waals surface area contributed by atoms with E-state index in [9.17, 15) is 13.2 Å². The topological polar surface area (TPSA) is 82.4 Å². The van der Waals surface area contributed by atoms with Crippen molar-refractivity contribution in [3.8, 4) is 10.7 Å². The summed E-state index contributed by atoms with van der Waals surface area (Å²) in [6.45, 7) is 0.982. The number of rotatable bonds is 4. The van der Waals surface area contributed by atoms with Gasteiger partial charge in [-0.15, -0.1) is 31.8 Å². The Bertz CT molecular complexity index is 717. The zero-order valence-corrected chi connectivity index (χ0v) is 12.6. The van der Waals surface area contributed by atoms with E-state index >= 15 is 0 Å². The van der Waals surface area contributed by atoms with Gasteiger partial charge in [-0.05, 0) is 41.6 Å². The highest BCUT2D eigenvalue weighted by molar-refractivity contribution is 7.13. The van der Waals surface area contributed by atoms with Crippen LogP contribution in [-0.2, 0) is 6.54 Å². The van der Waals surface area contributed by atoms with Crippen LogP contribution in [0.25, 0.3) is 10.7 Å². The quantitative estimate of drug-likeness (QED) is 0.925. The number of nitrogens with one attached hydrogen (secondary N) is 1. The molecule has 0 aromatic carbocycles. The van der Waals surface area contributed by atoms with E-state index in [0.29, 0.717) is 31.8 Å². The molecule has 4 rings (SSSR count). The molecule has 0 radical (unpaired) electrons. The number of tetrazole rings is 1. The standard InChI is InChI=1S/C12H12F3N7S/c13-12(14,15)11(18-19-11)8-2-1-4-22(8)6-7-3-5-23-9(7)10-16-20-21-17-10/h3,5,8H,1-2,4,6H2,(H,16,17,20,21). The third kappa shape index (κ3) is 2.34. The first-order valence-corrected chi connectivity index (χ1v) is 7.94. The van der Waals surface area contributed by atoms with E-state index in [1.807, 2.05) is 11.4 Å². The average molecular weight is 343 g/mol. The molecule has 122 valence electrons. The summed E-state index contributed by atoms with van der Waals surface area (Å²) in [5.74, 6) is 0.456. The minimum Gasteiger partial charge on any atom is -0.291 e. The van der Waals surface area contributed by atoms with Crippen LogP contribution in [0.2, 0.25) is 0 Å². The Morgan fingerprint density at radius 2 is 2.22 bits per heavy atom. The largest absolute Gasteiger partial charge is 0.439 e. The number of nitrogens with zero attached hydrogens (tertiary/aromatic N) is 6. The number of hydrogen-bond acceptors (Lipinski definition) is 7. The predicted octanol–water partition coefficient (Wildman–Crippen LogP) is 2.62. The summed E-state index contributed by atoms with van der Waals surface area (Å²) < 4.78 is 39.8. The lowest BCUT2D eigenvalue weighted by molar-refractivity contribution is -0.177. The average Bonchev–Trinajstić information content (AvgIpc) is 2.91. The fourth-order valence-corrected chi connectivity index (χ4v) is 3.94. The lowest BCUT2D eigenvalue weighted by atomic mass is 10.0. The van der Waals surface area contributed by atoms with Gasteiger partial charge in [0, 0.05) is 6.54 Å². The number of alkyl halides is 3. The molecule has 2 aromatic heterocycles. The van der Waals surface area contributed by atoms with Crippen LogP contribution in [0.3, 0.4) is 0 Å². The molecule has 0 aliphatic carbocycles. The Morgan fingerprint density at radius 1 is 1.39 bits per heavy atom. The highest BCUT2D eigenvalue weighted by atomic mass is 32.1. The maximum absolute atomic E-state index is 13.3. The van der Waals surface area contributed by atoms with Crippen molar-refractivity contribution in [3.63, 3.8) is 0 Å². The molecule has 23 heavy (non-hydrogen) atoms. The maximum atomic E-state index is 13.3. The lowest BCUT2D eigenvalue weighted by Gasteiger charge is -2.29. The number of halogens is 3. The van der Waals surface area contributed by atoms with Gasteiger partial charge in [0.05, 0.1) is 10.9 Å². The summed E-state index contributed by atoms with van der Waals surface area (Å²) in [6.07, 6.45) is -3.30. The molecule has 1 N–H and O–H groups in total. The molecule has 1 fully saturated rings. The van der Waals surface area contributed by atoms with Crippen molar-refractivity contribution in [2.75, 3.05) is 6.54 Å². The lowest BCUT2D eigenvalue weighted by Crippen LogP contribution is -2.50. The molecule has 11 heteroatoms. The fraction of sp³-hybridized carbons (Fsp3) is 0.583. The summed E-state index contributed by atoms with van der Waals surface area (Å²) in [5.41, 5.74) is -1.34. The van der Waals surface area contributed by atoms with Crippen molar-refractivity contribution in [1.29, 1.82) is 0 Å². The van der Waals surface area contributed by atoms with Crippen LogP contribution in [0.4, 0.5) is 13.2 Å². The Labute approximate surface area is 132 Å². The van der Waals surface area contributed by atoms with Gasteiger partial charge in [-0.2, -0.15) is 18.4 Å². The zero-order chi connectivity index (χ0) is 16.1. The van der Waals surface area contributed by atoms with Crippen LogP contribution in [0, 0.1) is 0 Å². The first-order valence-electron chi connectivity index (χ1n) is 7.06. The van der Waals surface area contributed by atoms with Crippen molar-refractivity contribution >= 4 is 11.3 Å². The molecule has 2 aliphatic rings. The molecular weight excluding hydrogens is 331 g/mol. The van der Waals surface area contributed by atoms with Gasteiger partial charge in [0.15, 0.2) is 0 Å². The second kappa shape index (κ2) is 5.06. The molecule has 7 nitrogen and oxygen atoms in total. The van der Waals surface area contributed by atoms with E-state index in [-0.39, 0.29) is 0 Å². The monoisotopic (exact) mass is 343 g/mol. The normalized spacial score (nSPS) is 23.5. The van der Waals surface area contributed by atoms with Crippen molar-refractivity contribution in [2.24, 2.45) is 10.2 Å². The van der Waals surface area contributed by atoms with Crippen molar-refractivity contribution in [2.45, 2.75) is 37.3 Å². The van der Waals surface area contributed by atoms with Gasteiger partial charge < -0.3 is 0 Å². The van der Waals surface area contributed by atoms with Gasteiger partial charge in [0.1, 0.15) is 0 Å². The molecule has 2 aromatic rings. The van der Waals surface area contributed by atoms with Crippen molar-refractivity contribution in [1.82, 2.24) is 25.5 Å². The molecule has 1 unspecified atom stereocenters. The van der Waals surface area contributed by atoms with E-state index in [1.165, 1.54) is 11.3 Å². The van der Waals surface area contributed by atoms with Crippen LogP contribution in [0.15, 0.2) is 21.7 Å². The van der Waals surface area contributed by atoms with Crippen LogP contribution in [-0.4, -0.2) is 49.9 Å². The Morgan fingerprint density at radius 3 is 2.87 bits per heavy atom. The van der Waals surface area contributed by atoms with Gasteiger partial charge in [0.2, 0.25) is 5.82 Å². The van der Waals surface area contributed by atoms with Crippen LogP contribution in [0.5, 0.6) is 0 Å². The summed E-state index contributed by atoms with van der Waals surface area (Å²) in [7, 11) is 0. The van der Waals surface area contributed by atoms with Gasteiger partial charge >= 0.3 is 6.18 Å². The second-order valence-corrected chi connectivity index (χ2v) is 6.48. The first kappa shape index (κ1) is 14.7. The van der Waals surface area contributed by atoms with E-state index in [0.717, 1.165) is 10.4 Å². The van der Waals surface area contributed by atoms with E-state index < -0.39 is 17.9 Å². The minimum absolute atomic E-state index is 0.390. The van der Waals surface area contributed by atoms with Crippen LogP contribution < -0.4 is 0 Å². The molecule has 0 spiro atoms. The third-order valence-corrected chi connectivity index (χ3v) is 5.18. The minimum atomic E-state index is -4.44. The van der Waals surface area contributed by atoms with Crippen LogP contribution in [0.1, 0.15) is 18.4 Å². The first-order chi connectivity index (χ1) is 11.0. The summed E-state index contributed by atoms with van der Waals surface area (Å²) in [5, 5.41) is 22.4.